The van der Waals surface area contributed by atoms with E-state index in [9.17, 15) is 22.8 Å². The van der Waals surface area contributed by atoms with Crippen molar-refractivity contribution in [3.05, 3.63) is 29.3 Å². The molecule has 0 atom stereocenters. The van der Waals surface area contributed by atoms with Gasteiger partial charge in [0, 0.05) is 26.2 Å². The van der Waals surface area contributed by atoms with Gasteiger partial charge in [0.05, 0.1) is 0 Å². The van der Waals surface area contributed by atoms with Crippen LogP contribution in [0.2, 0.25) is 0 Å². The van der Waals surface area contributed by atoms with Crippen LogP contribution in [0.4, 0.5) is 13.2 Å². The second kappa shape index (κ2) is 7.11. The molecule has 1 aromatic carbocycles. The van der Waals surface area contributed by atoms with Gasteiger partial charge in [-0.25, -0.2) is 0 Å². The maximum absolute atomic E-state index is 12.4. The van der Waals surface area contributed by atoms with E-state index in [4.69, 9.17) is 4.74 Å². The third kappa shape index (κ3) is 4.18. The maximum atomic E-state index is 12.4. The Labute approximate surface area is 138 Å². The average molecular weight is 344 g/mol. The number of carbonyl (C=O) groups is 2. The molecule has 8 heteroatoms. The minimum absolute atomic E-state index is 0.0663. The number of aryl methyl sites for hydroxylation is 1. The molecule has 1 saturated heterocycles. The molecule has 1 aromatic rings. The van der Waals surface area contributed by atoms with Gasteiger partial charge < -0.3 is 14.5 Å². The van der Waals surface area contributed by atoms with E-state index in [0.29, 0.717) is 5.75 Å². The predicted octanol–water partition coefficient (Wildman–Crippen LogP) is 1.92. The van der Waals surface area contributed by atoms with Crippen molar-refractivity contribution in [3.8, 4) is 5.75 Å². The number of amides is 2. The highest BCUT2D eigenvalue weighted by Crippen LogP contribution is 2.21. The molecule has 0 radical (unpaired) electrons. The van der Waals surface area contributed by atoms with Crippen LogP contribution in [0.1, 0.15) is 11.1 Å². The fourth-order valence-electron chi connectivity index (χ4n) is 2.45. The van der Waals surface area contributed by atoms with E-state index in [-0.39, 0.29) is 38.7 Å². The number of ether oxygens (including phenoxy) is 1. The van der Waals surface area contributed by atoms with Gasteiger partial charge in [0.1, 0.15) is 5.75 Å². The summed E-state index contributed by atoms with van der Waals surface area (Å²) in [5.74, 6) is -1.56. The van der Waals surface area contributed by atoms with Crippen molar-refractivity contribution < 1.29 is 27.5 Å². The van der Waals surface area contributed by atoms with Gasteiger partial charge in [-0.05, 0) is 31.0 Å². The molecule has 1 aliphatic rings. The SMILES string of the molecule is Cc1cccc(OCC(=O)N2CCN(C(=O)C(F)(F)F)CC2)c1C. The Bertz CT molecular complexity index is 623. The van der Waals surface area contributed by atoms with E-state index < -0.39 is 12.1 Å². The summed E-state index contributed by atoms with van der Waals surface area (Å²) >= 11 is 0. The topological polar surface area (TPSA) is 49.9 Å². The fraction of sp³-hybridized carbons (Fsp3) is 0.500. The van der Waals surface area contributed by atoms with Crippen LogP contribution in [0.5, 0.6) is 5.75 Å². The summed E-state index contributed by atoms with van der Waals surface area (Å²) in [6.07, 6.45) is -4.88. The Morgan fingerprint density at radius 3 is 2.25 bits per heavy atom. The van der Waals surface area contributed by atoms with Crippen LogP contribution in [0.25, 0.3) is 0 Å². The van der Waals surface area contributed by atoms with E-state index in [2.05, 4.69) is 0 Å². The quantitative estimate of drug-likeness (QED) is 0.842. The molecule has 5 nitrogen and oxygen atoms in total. The lowest BCUT2D eigenvalue weighted by Gasteiger charge is -2.34. The maximum Gasteiger partial charge on any atom is 0.471 e. The third-order valence-electron chi connectivity index (χ3n) is 4.07. The molecule has 0 bridgehead atoms. The standard InChI is InChI=1S/C16H19F3N2O3/c1-11-4-3-5-13(12(11)2)24-10-14(22)20-6-8-21(9-7-20)15(23)16(17,18)19/h3-5H,6-10H2,1-2H3. The second-order valence-electron chi connectivity index (χ2n) is 5.66. The van der Waals surface area contributed by atoms with Gasteiger partial charge in [-0.1, -0.05) is 12.1 Å². The summed E-state index contributed by atoms with van der Waals surface area (Å²) in [5.41, 5.74) is 1.98. The number of nitrogens with zero attached hydrogens (tertiary/aromatic N) is 2. The molecule has 1 aliphatic heterocycles. The number of benzene rings is 1. The van der Waals surface area contributed by atoms with E-state index in [1.54, 1.807) is 6.07 Å². The molecule has 2 rings (SSSR count). The summed E-state index contributed by atoms with van der Waals surface area (Å²) in [6, 6.07) is 5.51. The highest BCUT2D eigenvalue weighted by atomic mass is 19.4. The molecule has 0 unspecified atom stereocenters. The Morgan fingerprint density at radius 1 is 1.08 bits per heavy atom. The predicted molar refractivity (Wildman–Crippen MR) is 80.6 cm³/mol. The molecule has 132 valence electrons. The van der Waals surface area contributed by atoms with Crippen LogP contribution in [-0.4, -0.2) is 60.6 Å². The number of rotatable bonds is 3. The first-order chi connectivity index (χ1) is 11.2. The van der Waals surface area contributed by atoms with Crippen molar-refractivity contribution in [2.75, 3.05) is 32.8 Å². The zero-order valence-electron chi connectivity index (χ0n) is 13.5. The number of halogens is 3. The molecule has 0 spiro atoms. The second-order valence-corrected chi connectivity index (χ2v) is 5.66. The molecular weight excluding hydrogens is 325 g/mol. The number of alkyl halides is 3. The van der Waals surface area contributed by atoms with Crippen LogP contribution in [0.3, 0.4) is 0 Å². The van der Waals surface area contributed by atoms with Crippen LogP contribution >= 0.6 is 0 Å². The van der Waals surface area contributed by atoms with Gasteiger partial charge in [-0.2, -0.15) is 13.2 Å². The first-order valence-electron chi connectivity index (χ1n) is 7.53. The van der Waals surface area contributed by atoms with Gasteiger partial charge in [0.25, 0.3) is 5.91 Å². The zero-order valence-corrected chi connectivity index (χ0v) is 13.5. The third-order valence-corrected chi connectivity index (χ3v) is 4.07. The summed E-state index contributed by atoms with van der Waals surface area (Å²) in [7, 11) is 0. The molecular formula is C16H19F3N2O3. The zero-order chi connectivity index (χ0) is 17.9. The van der Waals surface area contributed by atoms with Gasteiger partial charge in [-0.15, -0.1) is 0 Å². The summed E-state index contributed by atoms with van der Waals surface area (Å²) in [6.45, 7) is 3.50. The molecule has 1 heterocycles. The first-order valence-corrected chi connectivity index (χ1v) is 7.53. The van der Waals surface area contributed by atoms with Crippen molar-refractivity contribution >= 4 is 11.8 Å². The summed E-state index contributed by atoms with van der Waals surface area (Å²) in [4.78, 5) is 25.4. The Balaban J connectivity index is 1.85. The summed E-state index contributed by atoms with van der Waals surface area (Å²) < 4.78 is 42.6. The highest BCUT2D eigenvalue weighted by molar-refractivity contribution is 5.82. The van der Waals surface area contributed by atoms with Crippen molar-refractivity contribution in [2.24, 2.45) is 0 Å². The fourth-order valence-corrected chi connectivity index (χ4v) is 2.45. The molecule has 24 heavy (non-hydrogen) atoms. The minimum atomic E-state index is -4.88. The lowest BCUT2D eigenvalue weighted by atomic mass is 10.1. The minimum Gasteiger partial charge on any atom is -0.483 e. The number of carbonyl (C=O) groups excluding carboxylic acids is 2. The van der Waals surface area contributed by atoms with Crippen LogP contribution in [-0.2, 0) is 9.59 Å². The van der Waals surface area contributed by atoms with Crippen molar-refractivity contribution in [1.29, 1.82) is 0 Å². The number of piperazine rings is 1. The largest absolute Gasteiger partial charge is 0.483 e. The van der Waals surface area contributed by atoms with Crippen LogP contribution in [0, 0.1) is 13.8 Å². The Hall–Kier alpha value is -2.25. The summed E-state index contributed by atoms with van der Waals surface area (Å²) in [5, 5.41) is 0. The lowest BCUT2D eigenvalue weighted by molar-refractivity contribution is -0.187. The smallest absolute Gasteiger partial charge is 0.471 e. The van der Waals surface area contributed by atoms with Gasteiger partial charge >= 0.3 is 12.1 Å². The van der Waals surface area contributed by atoms with E-state index in [1.165, 1.54) is 4.90 Å². The van der Waals surface area contributed by atoms with Crippen molar-refractivity contribution in [1.82, 2.24) is 9.80 Å². The average Bonchev–Trinajstić information content (AvgIpc) is 2.54. The Morgan fingerprint density at radius 2 is 1.67 bits per heavy atom. The van der Waals surface area contributed by atoms with Crippen molar-refractivity contribution in [3.63, 3.8) is 0 Å². The van der Waals surface area contributed by atoms with Crippen LogP contribution < -0.4 is 4.74 Å². The van der Waals surface area contributed by atoms with Gasteiger partial charge in [-0.3, -0.25) is 9.59 Å². The monoisotopic (exact) mass is 344 g/mol. The number of hydrogen-bond acceptors (Lipinski definition) is 3. The first kappa shape index (κ1) is 18.1. The molecule has 2 amide bonds. The Kier molecular flexibility index (Phi) is 5.36. The van der Waals surface area contributed by atoms with E-state index in [0.717, 1.165) is 16.0 Å². The highest BCUT2D eigenvalue weighted by Gasteiger charge is 2.43. The van der Waals surface area contributed by atoms with E-state index in [1.807, 2.05) is 26.0 Å². The number of hydrogen-bond donors (Lipinski definition) is 0. The van der Waals surface area contributed by atoms with E-state index >= 15 is 0 Å². The molecule has 0 N–H and O–H groups in total. The molecule has 0 saturated carbocycles. The lowest BCUT2D eigenvalue weighted by Crippen LogP contribution is -2.54. The molecule has 1 fully saturated rings. The van der Waals surface area contributed by atoms with Crippen molar-refractivity contribution in [2.45, 2.75) is 20.0 Å². The normalized spacial score (nSPS) is 15.4. The van der Waals surface area contributed by atoms with Crippen LogP contribution in [0.15, 0.2) is 18.2 Å². The van der Waals surface area contributed by atoms with Gasteiger partial charge in [0.15, 0.2) is 6.61 Å². The molecule has 0 aromatic heterocycles. The molecule has 0 aliphatic carbocycles. The van der Waals surface area contributed by atoms with Gasteiger partial charge in [0.2, 0.25) is 0 Å².